The average molecular weight is 368 g/mol. The molecule has 0 spiro atoms. The van der Waals surface area contributed by atoms with Crippen molar-refractivity contribution >= 4 is 17.5 Å². The van der Waals surface area contributed by atoms with Crippen LogP contribution in [0.25, 0.3) is 0 Å². The Bertz CT molecular complexity index is 816. The van der Waals surface area contributed by atoms with Crippen molar-refractivity contribution in [3.63, 3.8) is 0 Å². The predicted octanol–water partition coefficient (Wildman–Crippen LogP) is 3.06. The van der Waals surface area contributed by atoms with Crippen LogP contribution in [0.2, 0.25) is 0 Å². The smallest absolute Gasteiger partial charge is 0.269 e. The van der Waals surface area contributed by atoms with E-state index in [4.69, 9.17) is 0 Å². The molecule has 0 radical (unpaired) electrons. The molecule has 0 aliphatic heterocycles. The summed E-state index contributed by atoms with van der Waals surface area (Å²) in [6.07, 6.45) is 1.48. The molecule has 6 heteroatoms. The summed E-state index contributed by atoms with van der Waals surface area (Å²) >= 11 is 0. The number of rotatable bonds is 7. The molecule has 1 heterocycles. The summed E-state index contributed by atoms with van der Waals surface area (Å²) in [5.74, 6) is -0.253. The van der Waals surface area contributed by atoms with Crippen molar-refractivity contribution in [1.82, 2.24) is 15.2 Å². The highest BCUT2D eigenvalue weighted by Crippen LogP contribution is 2.27. The molecular weight excluding hydrogens is 340 g/mol. The molecule has 6 nitrogen and oxygen atoms in total. The van der Waals surface area contributed by atoms with Gasteiger partial charge in [0.15, 0.2) is 0 Å². The number of aromatic nitrogens is 1. The van der Waals surface area contributed by atoms with E-state index in [2.05, 4.69) is 29.5 Å². The van der Waals surface area contributed by atoms with Gasteiger partial charge in [-0.05, 0) is 50.2 Å². The molecule has 0 saturated heterocycles. The first-order valence-electron chi connectivity index (χ1n) is 9.09. The fourth-order valence-corrected chi connectivity index (χ4v) is 2.71. The number of hydrogen-bond acceptors (Lipinski definition) is 4. The van der Waals surface area contributed by atoms with Crippen molar-refractivity contribution in [3.8, 4) is 0 Å². The zero-order chi connectivity index (χ0) is 20.0. The standard InChI is InChI=1S/C21H28N4O2/c1-14(2)17-8-6-7-15(3)19(17)24-20(26)16-9-10-22-18(13-16)21(27)23-11-12-25(4)5/h6-10,13-14H,11-12H2,1-5H3,(H,23,27)(H,24,26). The van der Waals surface area contributed by atoms with E-state index in [1.807, 2.05) is 44.1 Å². The van der Waals surface area contributed by atoms with E-state index < -0.39 is 0 Å². The predicted molar refractivity (Wildman–Crippen MR) is 108 cm³/mol. The summed E-state index contributed by atoms with van der Waals surface area (Å²) in [5.41, 5.74) is 3.55. The summed E-state index contributed by atoms with van der Waals surface area (Å²) in [7, 11) is 3.87. The van der Waals surface area contributed by atoms with Crippen LogP contribution in [0.1, 0.15) is 51.7 Å². The SMILES string of the molecule is Cc1cccc(C(C)C)c1NC(=O)c1ccnc(C(=O)NCCN(C)C)c1. The van der Waals surface area contributed by atoms with Crippen molar-refractivity contribution in [2.45, 2.75) is 26.7 Å². The first kappa shape index (κ1) is 20.6. The van der Waals surface area contributed by atoms with Crippen LogP contribution in [0.4, 0.5) is 5.69 Å². The van der Waals surface area contributed by atoms with Gasteiger partial charge in [-0.2, -0.15) is 0 Å². The lowest BCUT2D eigenvalue weighted by molar-refractivity contribution is 0.0946. The number of pyridine rings is 1. The van der Waals surface area contributed by atoms with E-state index >= 15 is 0 Å². The summed E-state index contributed by atoms with van der Waals surface area (Å²) in [4.78, 5) is 31.0. The molecule has 0 aliphatic rings. The van der Waals surface area contributed by atoms with Gasteiger partial charge >= 0.3 is 0 Å². The van der Waals surface area contributed by atoms with Gasteiger partial charge in [0.1, 0.15) is 5.69 Å². The van der Waals surface area contributed by atoms with Crippen molar-refractivity contribution in [2.24, 2.45) is 0 Å². The maximum atomic E-state index is 12.7. The Morgan fingerprint density at radius 2 is 1.89 bits per heavy atom. The van der Waals surface area contributed by atoms with Gasteiger partial charge in [-0.25, -0.2) is 0 Å². The number of nitrogens with zero attached hydrogens (tertiary/aromatic N) is 2. The number of aryl methyl sites for hydroxylation is 1. The maximum absolute atomic E-state index is 12.7. The van der Waals surface area contributed by atoms with E-state index in [9.17, 15) is 9.59 Å². The summed E-state index contributed by atoms with van der Waals surface area (Å²) in [5, 5.41) is 5.80. The Labute approximate surface area is 161 Å². The van der Waals surface area contributed by atoms with Crippen molar-refractivity contribution in [2.75, 3.05) is 32.5 Å². The Morgan fingerprint density at radius 1 is 1.15 bits per heavy atom. The number of carbonyl (C=O) groups is 2. The van der Waals surface area contributed by atoms with Crippen LogP contribution in [-0.2, 0) is 0 Å². The van der Waals surface area contributed by atoms with Crippen molar-refractivity contribution in [1.29, 1.82) is 0 Å². The van der Waals surface area contributed by atoms with E-state index in [0.29, 0.717) is 12.1 Å². The number of likely N-dealkylation sites (N-methyl/N-ethyl adjacent to an activating group) is 1. The normalized spacial score (nSPS) is 10.9. The minimum Gasteiger partial charge on any atom is -0.349 e. The zero-order valence-electron chi connectivity index (χ0n) is 16.7. The van der Waals surface area contributed by atoms with Crippen molar-refractivity contribution < 1.29 is 9.59 Å². The Balaban J connectivity index is 2.15. The quantitative estimate of drug-likeness (QED) is 0.788. The minimum absolute atomic E-state index is 0.232. The van der Waals surface area contributed by atoms with Gasteiger partial charge < -0.3 is 15.5 Å². The highest BCUT2D eigenvalue weighted by atomic mass is 16.2. The minimum atomic E-state index is -0.287. The Kier molecular flexibility index (Phi) is 7.07. The van der Waals surface area contributed by atoms with E-state index in [0.717, 1.165) is 23.4 Å². The fraction of sp³-hybridized carbons (Fsp3) is 0.381. The molecule has 1 aromatic heterocycles. The van der Waals surface area contributed by atoms with Crippen molar-refractivity contribution in [3.05, 3.63) is 58.9 Å². The lowest BCUT2D eigenvalue weighted by Gasteiger charge is -2.16. The van der Waals surface area contributed by atoms with E-state index in [-0.39, 0.29) is 23.4 Å². The number of anilines is 1. The summed E-state index contributed by atoms with van der Waals surface area (Å²) < 4.78 is 0. The molecule has 2 amide bonds. The van der Waals surface area contributed by atoms with Gasteiger partial charge in [0.05, 0.1) is 0 Å². The topological polar surface area (TPSA) is 74.3 Å². The Hall–Kier alpha value is -2.73. The molecule has 0 unspecified atom stereocenters. The number of amides is 2. The molecule has 0 bridgehead atoms. The van der Waals surface area contributed by atoms with Crippen LogP contribution >= 0.6 is 0 Å². The fourth-order valence-electron chi connectivity index (χ4n) is 2.71. The highest BCUT2D eigenvalue weighted by Gasteiger charge is 2.15. The number of carbonyl (C=O) groups excluding carboxylic acids is 2. The van der Waals surface area contributed by atoms with Gasteiger partial charge in [0.25, 0.3) is 11.8 Å². The number of hydrogen-bond donors (Lipinski definition) is 2. The van der Waals surface area contributed by atoms with Gasteiger partial charge in [0.2, 0.25) is 0 Å². The van der Waals surface area contributed by atoms with Crippen LogP contribution in [0.15, 0.2) is 36.5 Å². The number of benzene rings is 1. The van der Waals surface area contributed by atoms with Crippen LogP contribution in [0.5, 0.6) is 0 Å². The van der Waals surface area contributed by atoms with Gasteiger partial charge in [0, 0.05) is 30.5 Å². The second kappa shape index (κ2) is 9.28. The molecule has 0 atom stereocenters. The second-order valence-corrected chi connectivity index (χ2v) is 7.14. The molecule has 2 aromatic rings. The monoisotopic (exact) mass is 368 g/mol. The van der Waals surface area contributed by atoms with Crippen LogP contribution in [0.3, 0.4) is 0 Å². The number of nitrogens with one attached hydrogen (secondary N) is 2. The lowest BCUT2D eigenvalue weighted by Crippen LogP contribution is -2.32. The van der Waals surface area contributed by atoms with E-state index in [1.165, 1.54) is 12.3 Å². The molecular formula is C21H28N4O2. The average Bonchev–Trinajstić information content (AvgIpc) is 2.62. The zero-order valence-corrected chi connectivity index (χ0v) is 16.7. The Morgan fingerprint density at radius 3 is 2.56 bits per heavy atom. The summed E-state index contributed by atoms with van der Waals surface area (Å²) in [6.45, 7) is 7.40. The molecule has 0 fully saturated rings. The molecule has 0 saturated carbocycles. The summed E-state index contributed by atoms with van der Waals surface area (Å²) in [6, 6.07) is 9.11. The molecule has 2 rings (SSSR count). The molecule has 144 valence electrons. The first-order chi connectivity index (χ1) is 12.8. The van der Waals surface area contributed by atoms with E-state index in [1.54, 1.807) is 6.07 Å². The molecule has 1 aromatic carbocycles. The van der Waals surface area contributed by atoms with Gasteiger partial charge in [-0.3, -0.25) is 14.6 Å². The largest absolute Gasteiger partial charge is 0.349 e. The van der Waals surface area contributed by atoms with Crippen LogP contribution < -0.4 is 10.6 Å². The third kappa shape index (κ3) is 5.62. The van der Waals surface area contributed by atoms with Crippen LogP contribution in [-0.4, -0.2) is 48.9 Å². The third-order valence-corrected chi connectivity index (χ3v) is 4.26. The lowest BCUT2D eigenvalue weighted by atomic mass is 9.98. The number of para-hydroxylation sites is 1. The first-order valence-corrected chi connectivity index (χ1v) is 9.09. The third-order valence-electron chi connectivity index (χ3n) is 4.26. The van der Waals surface area contributed by atoms with Gasteiger partial charge in [-0.1, -0.05) is 32.0 Å². The maximum Gasteiger partial charge on any atom is 0.269 e. The van der Waals surface area contributed by atoms with Crippen LogP contribution in [0, 0.1) is 6.92 Å². The van der Waals surface area contributed by atoms with Gasteiger partial charge in [-0.15, -0.1) is 0 Å². The molecule has 27 heavy (non-hydrogen) atoms. The molecule has 2 N–H and O–H groups in total. The molecule has 0 aliphatic carbocycles. The highest BCUT2D eigenvalue weighted by molar-refractivity contribution is 6.06. The second-order valence-electron chi connectivity index (χ2n) is 7.14.